The second-order valence-corrected chi connectivity index (χ2v) is 18.9. The maximum Gasteiger partial charge on any atom is 0.307 e. The summed E-state index contributed by atoms with van der Waals surface area (Å²) in [5, 5.41) is 10.1. The van der Waals surface area contributed by atoms with Crippen LogP contribution in [0.1, 0.15) is 99.5 Å². The molecule has 1 aromatic rings. The van der Waals surface area contributed by atoms with Gasteiger partial charge in [0, 0.05) is 18.7 Å². The number of rotatable bonds is 9. The fourth-order valence-electron chi connectivity index (χ4n) is 5.55. The summed E-state index contributed by atoms with van der Waals surface area (Å²) >= 11 is 0. The normalized spacial score (nSPS) is 21.3. The molecular weight excluding hydrogens is 464 g/mol. The molecule has 1 saturated carbocycles. The van der Waals surface area contributed by atoms with Gasteiger partial charge in [-0.25, -0.2) is 0 Å². The number of carboxylic acids is 1. The summed E-state index contributed by atoms with van der Waals surface area (Å²) in [6.45, 7) is 25.1. The van der Waals surface area contributed by atoms with E-state index in [1.54, 1.807) is 0 Å². The van der Waals surface area contributed by atoms with Gasteiger partial charge < -0.3 is 20.2 Å². The topological polar surface area (TPSA) is 75.8 Å². The van der Waals surface area contributed by atoms with Crippen LogP contribution in [0, 0.1) is 17.3 Å². The second kappa shape index (κ2) is 11.5. The zero-order valence-corrected chi connectivity index (χ0v) is 25.9. The van der Waals surface area contributed by atoms with Crippen molar-refractivity contribution in [1.29, 1.82) is 0 Å². The third-order valence-electron chi connectivity index (χ3n) is 8.50. The molecule has 2 unspecified atom stereocenters. The zero-order chi connectivity index (χ0) is 27.6. The molecule has 36 heavy (non-hydrogen) atoms. The van der Waals surface area contributed by atoms with E-state index in [0.29, 0.717) is 18.1 Å². The summed E-state index contributed by atoms with van der Waals surface area (Å²) in [7, 11) is -1.76. The van der Waals surface area contributed by atoms with Gasteiger partial charge in [0.2, 0.25) is 0 Å². The van der Waals surface area contributed by atoms with Crippen molar-refractivity contribution in [2.75, 3.05) is 17.2 Å². The van der Waals surface area contributed by atoms with Crippen LogP contribution in [0.2, 0.25) is 18.1 Å². The van der Waals surface area contributed by atoms with Crippen LogP contribution in [0.15, 0.2) is 18.2 Å². The van der Waals surface area contributed by atoms with E-state index in [4.69, 9.17) is 10.2 Å². The third kappa shape index (κ3) is 7.50. The summed E-state index contributed by atoms with van der Waals surface area (Å²) in [5.74, 6) is -0.844. The molecule has 5 nitrogen and oxygen atoms in total. The monoisotopic (exact) mass is 518 g/mol. The lowest BCUT2D eigenvalue weighted by Gasteiger charge is -2.44. The van der Waals surface area contributed by atoms with Gasteiger partial charge in [-0.1, -0.05) is 68.4 Å². The first-order valence-corrected chi connectivity index (χ1v) is 16.8. The third-order valence-corrected chi connectivity index (χ3v) is 13.0. The molecule has 1 aliphatic carbocycles. The Morgan fingerprint density at radius 1 is 1.08 bits per heavy atom. The van der Waals surface area contributed by atoms with Gasteiger partial charge in [0.15, 0.2) is 8.32 Å². The first-order valence-electron chi connectivity index (χ1n) is 13.9. The first-order chi connectivity index (χ1) is 16.3. The molecule has 0 amide bonds. The Kier molecular flexibility index (Phi) is 9.77. The smallest absolute Gasteiger partial charge is 0.307 e. The van der Waals surface area contributed by atoms with Crippen LogP contribution in [0.3, 0.4) is 0 Å². The minimum Gasteiger partial charge on any atom is -0.481 e. The maximum absolute atomic E-state index is 12.1. The van der Waals surface area contributed by atoms with Gasteiger partial charge >= 0.3 is 5.97 Å². The number of benzene rings is 1. The van der Waals surface area contributed by atoms with E-state index in [1.807, 2.05) is 33.8 Å². The lowest BCUT2D eigenvalue weighted by atomic mass is 9.71. The van der Waals surface area contributed by atoms with Crippen molar-refractivity contribution >= 4 is 25.7 Å². The molecular formula is C30H54N2O3Si. The van der Waals surface area contributed by atoms with Crippen molar-refractivity contribution in [3.05, 3.63) is 23.8 Å². The Morgan fingerprint density at radius 2 is 1.64 bits per heavy atom. The highest BCUT2D eigenvalue weighted by Gasteiger charge is 2.40. The summed E-state index contributed by atoms with van der Waals surface area (Å²) in [6, 6.07) is 6.68. The fourth-order valence-corrected chi connectivity index (χ4v) is 6.97. The Labute approximate surface area is 222 Å². The van der Waals surface area contributed by atoms with E-state index in [2.05, 4.69) is 64.7 Å². The summed E-state index contributed by atoms with van der Waals surface area (Å²) < 4.78 is 6.74. The number of aliphatic carboxylic acids is 1. The number of nitrogens with zero attached hydrogens (tertiary/aromatic N) is 1. The molecule has 0 bridgehead atoms. The fraction of sp³-hybridized carbons (Fsp3) is 0.767. The van der Waals surface area contributed by atoms with Crippen molar-refractivity contribution in [3.8, 4) is 0 Å². The average molecular weight is 519 g/mol. The van der Waals surface area contributed by atoms with Crippen LogP contribution in [-0.4, -0.2) is 38.1 Å². The molecule has 2 atom stereocenters. The van der Waals surface area contributed by atoms with E-state index >= 15 is 0 Å². The zero-order valence-electron chi connectivity index (χ0n) is 24.9. The lowest BCUT2D eigenvalue weighted by molar-refractivity contribution is -0.146. The van der Waals surface area contributed by atoms with E-state index in [1.165, 1.54) is 0 Å². The molecule has 0 heterocycles. The highest BCUT2D eigenvalue weighted by molar-refractivity contribution is 6.74. The molecule has 0 spiro atoms. The van der Waals surface area contributed by atoms with Gasteiger partial charge in [0.25, 0.3) is 0 Å². The predicted molar refractivity (Wildman–Crippen MR) is 156 cm³/mol. The van der Waals surface area contributed by atoms with E-state index in [0.717, 1.165) is 49.2 Å². The van der Waals surface area contributed by atoms with E-state index < -0.39 is 20.2 Å². The molecule has 0 radical (unpaired) electrons. The molecule has 3 N–H and O–H groups in total. The van der Waals surface area contributed by atoms with Crippen LogP contribution in [0.25, 0.3) is 0 Å². The van der Waals surface area contributed by atoms with Gasteiger partial charge in [0.1, 0.15) is 0 Å². The molecule has 1 aliphatic rings. The number of anilines is 2. The van der Waals surface area contributed by atoms with Crippen molar-refractivity contribution in [1.82, 2.24) is 0 Å². The van der Waals surface area contributed by atoms with Crippen LogP contribution >= 0.6 is 0 Å². The molecule has 1 fully saturated rings. The Balaban J connectivity index is 2.23. The number of hydrogen-bond donors (Lipinski definition) is 2. The summed E-state index contributed by atoms with van der Waals surface area (Å²) in [6.07, 6.45) is 4.75. The number of carboxylic acid groups (broad SMARTS) is 1. The van der Waals surface area contributed by atoms with Gasteiger partial charge in [-0.3, -0.25) is 4.79 Å². The molecule has 0 aliphatic heterocycles. The van der Waals surface area contributed by atoms with Crippen LogP contribution in [-0.2, 0) is 9.22 Å². The average Bonchev–Trinajstić information content (AvgIpc) is 2.70. The molecule has 2 rings (SSSR count). The first kappa shape index (κ1) is 30.7. The minimum absolute atomic E-state index is 0.125. The molecule has 0 aromatic heterocycles. The highest BCUT2D eigenvalue weighted by Crippen LogP contribution is 2.42. The standard InChI is InChI=1S/C30H54N2O3Si/c1-20(2)19-32(23-13-15-24(16-14-23)35-36(10,11)30(7,8)9)26-17-12-22(18-25(26)31)21(3)27(28(33)34)29(4,5)6/h12,17-18,20-21,23-24,27H,13-16,19,31H2,1-11H3,(H,33,34)/t21?,23-,24-,27?. The van der Waals surface area contributed by atoms with Gasteiger partial charge in [-0.05, 0) is 78.8 Å². The van der Waals surface area contributed by atoms with Crippen molar-refractivity contribution in [3.63, 3.8) is 0 Å². The molecule has 6 heteroatoms. The number of hydrogen-bond acceptors (Lipinski definition) is 4. The van der Waals surface area contributed by atoms with Crippen molar-refractivity contribution in [2.24, 2.45) is 17.3 Å². The second-order valence-electron chi connectivity index (χ2n) is 14.1. The molecule has 0 saturated heterocycles. The summed E-state index contributed by atoms with van der Waals surface area (Å²) in [4.78, 5) is 14.6. The van der Waals surface area contributed by atoms with E-state index in [-0.39, 0.29) is 16.4 Å². The minimum atomic E-state index is -1.76. The summed E-state index contributed by atoms with van der Waals surface area (Å²) in [5.41, 5.74) is 9.16. The van der Waals surface area contributed by atoms with Crippen molar-refractivity contribution in [2.45, 2.75) is 124 Å². The largest absolute Gasteiger partial charge is 0.481 e. The Bertz CT molecular complexity index is 877. The number of carbonyl (C=O) groups is 1. The Hall–Kier alpha value is -1.53. The van der Waals surface area contributed by atoms with E-state index in [9.17, 15) is 9.90 Å². The Morgan fingerprint density at radius 3 is 2.06 bits per heavy atom. The molecule has 1 aromatic carbocycles. The highest BCUT2D eigenvalue weighted by atomic mass is 28.4. The van der Waals surface area contributed by atoms with Crippen LogP contribution < -0.4 is 10.6 Å². The maximum atomic E-state index is 12.1. The van der Waals surface area contributed by atoms with Crippen molar-refractivity contribution < 1.29 is 14.3 Å². The van der Waals surface area contributed by atoms with Crippen LogP contribution in [0.5, 0.6) is 0 Å². The molecule has 206 valence electrons. The quantitative estimate of drug-likeness (QED) is 0.256. The van der Waals surface area contributed by atoms with Gasteiger partial charge in [-0.15, -0.1) is 0 Å². The SMILES string of the molecule is CC(C)CN(c1ccc(C(C)C(C(=O)O)C(C)(C)C)cc1N)[C@H]1CC[C@H](O[Si](C)(C)C(C)(C)C)CC1. The lowest BCUT2D eigenvalue weighted by Crippen LogP contribution is -2.47. The predicted octanol–water partition coefficient (Wildman–Crippen LogP) is 7.91. The number of nitrogens with two attached hydrogens (primary N) is 1. The van der Waals surface area contributed by atoms with Gasteiger partial charge in [-0.2, -0.15) is 0 Å². The number of nitrogen functional groups attached to an aromatic ring is 1. The van der Waals surface area contributed by atoms with Crippen LogP contribution in [0.4, 0.5) is 11.4 Å². The van der Waals surface area contributed by atoms with Gasteiger partial charge in [0.05, 0.1) is 17.3 Å².